The van der Waals surface area contributed by atoms with Gasteiger partial charge in [0.15, 0.2) is 4.93 Å². The van der Waals surface area contributed by atoms with Crippen molar-refractivity contribution in [3.8, 4) is 11.3 Å². The van der Waals surface area contributed by atoms with Crippen LogP contribution >= 0.6 is 11.8 Å². The number of carbonyl (C=O) groups excluding carboxylic acids is 1. The highest BCUT2D eigenvalue weighted by molar-refractivity contribution is 8.00. The number of fused-ring (bicyclic) bond motifs is 1. The SMILES string of the molecule is C=C(C)C(=O)OC(C)(C)Sc1ccc2cc(-c3ccccc3CC)oc2c1. The number of rotatable bonds is 6. The van der Waals surface area contributed by atoms with Crippen LogP contribution in [-0.4, -0.2) is 10.9 Å². The maximum absolute atomic E-state index is 11.8. The fourth-order valence-corrected chi connectivity index (χ4v) is 3.88. The maximum atomic E-state index is 11.8. The molecule has 0 saturated carbocycles. The van der Waals surface area contributed by atoms with Crippen molar-refractivity contribution < 1.29 is 13.9 Å². The van der Waals surface area contributed by atoms with Crippen LogP contribution in [0.15, 0.2) is 70.0 Å². The molecule has 0 radical (unpaired) electrons. The van der Waals surface area contributed by atoms with Gasteiger partial charge in [-0.15, -0.1) is 0 Å². The van der Waals surface area contributed by atoms with Gasteiger partial charge in [-0.3, -0.25) is 0 Å². The molecule has 0 saturated heterocycles. The number of benzene rings is 2. The van der Waals surface area contributed by atoms with Crippen molar-refractivity contribution in [3.05, 3.63) is 66.2 Å². The fraction of sp³-hybridized carbons (Fsp3) is 0.261. The van der Waals surface area contributed by atoms with Crippen LogP contribution in [0.3, 0.4) is 0 Å². The molecular formula is C23H24O3S. The average molecular weight is 381 g/mol. The Hall–Kier alpha value is -2.46. The van der Waals surface area contributed by atoms with E-state index in [1.54, 1.807) is 6.92 Å². The molecule has 0 bridgehead atoms. The van der Waals surface area contributed by atoms with Gasteiger partial charge in [0.25, 0.3) is 0 Å². The van der Waals surface area contributed by atoms with E-state index in [1.807, 2.05) is 44.2 Å². The lowest BCUT2D eigenvalue weighted by molar-refractivity contribution is -0.144. The van der Waals surface area contributed by atoms with E-state index in [0.29, 0.717) is 5.57 Å². The Labute approximate surface area is 164 Å². The Morgan fingerprint density at radius 1 is 1.19 bits per heavy atom. The number of hydrogen-bond donors (Lipinski definition) is 0. The first-order valence-corrected chi connectivity index (χ1v) is 9.80. The normalized spacial score (nSPS) is 11.6. The number of thioether (sulfide) groups is 1. The predicted molar refractivity (Wildman–Crippen MR) is 112 cm³/mol. The Morgan fingerprint density at radius 3 is 2.63 bits per heavy atom. The summed E-state index contributed by atoms with van der Waals surface area (Å²) in [6, 6.07) is 16.4. The van der Waals surface area contributed by atoms with Gasteiger partial charge >= 0.3 is 5.97 Å². The molecule has 0 fully saturated rings. The monoisotopic (exact) mass is 380 g/mol. The van der Waals surface area contributed by atoms with E-state index < -0.39 is 4.93 Å². The zero-order valence-corrected chi connectivity index (χ0v) is 17.0. The van der Waals surface area contributed by atoms with Gasteiger partial charge in [0.2, 0.25) is 0 Å². The lowest BCUT2D eigenvalue weighted by Crippen LogP contribution is -2.24. The number of carbonyl (C=O) groups is 1. The molecule has 0 spiro atoms. The van der Waals surface area contributed by atoms with Gasteiger partial charge < -0.3 is 9.15 Å². The predicted octanol–water partition coefficient (Wildman–Crippen LogP) is 6.61. The summed E-state index contributed by atoms with van der Waals surface area (Å²) in [5, 5.41) is 1.05. The van der Waals surface area contributed by atoms with Gasteiger partial charge in [-0.1, -0.05) is 49.5 Å². The Kier molecular flexibility index (Phi) is 5.47. The Morgan fingerprint density at radius 2 is 1.93 bits per heavy atom. The van der Waals surface area contributed by atoms with Gasteiger partial charge in [0.05, 0.1) is 0 Å². The van der Waals surface area contributed by atoms with Crippen molar-refractivity contribution in [2.45, 2.75) is 43.9 Å². The van der Waals surface area contributed by atoms with Crippen LogP contribution in [0.2, 0.25) is 0 Å². The number of furan rings is 1. The summed E-state index contributed by atoms with van der Waals surface area (Å²) in [5.41, 5.74) is 3.60. The van der Waals surface area contributed by atoms with Gasteiger partial charge in [0.1, 0.15) is 11.3 Å². The molecule has 0 aliphatic carbocycles. The molecule has 3 nitrogen and oxygen atoms in total. The molecule has 0 aliphatic rings. The van der Waals surface area contributed by atoms with Crippen LogP contribution in [-0.2, 0) is 16.0 Å². The highest BCUT2D eigenvalue weighted by atomic mass is 32.2. The van der Waals surface area contributed by atoms with Gasteiger partial charge in [-0.25, -0.2) is 4.79 Å². The Balaban J connectivity index is 1.88. The van der Waals surface area contributed by atoms with E-state index in [0.717, 1.165) is 33.6 Å². The third kappa shape index (κ3) is 4.45. The molecule has 0 unspecified atom stereocenters. The lowest BCUT2D eigenvalue weighted by atomic mass is 10.0. The smallest absolute Gasteiger partial charge is 0.334 e. The van der Waals surface area contributed by atoms with Gasteiger partial charge in [-0.2, -0.15) is 0 Å². The summed E-state index contributed by atoms with van der Waals surface area (Å²) in [6.45, 7) is 11.2. The maximum Gasteiger partial charge on any atom is 0.334 e. The fourth-order valence-electron chi connectivity index (χ4n) is 2.89. The van der Waals surface area contributed by atoms with E-state index >= 15 is 0 Å². The lowest BCUT2D eigenvalue weighted by Gasteiger charge is -2.24. The van der Waals surface area contributed by atoms with Crippen molar-refractivity contribution in [3.63, 3.8) is 0 Å². The molecule has 140 valence electrons. The standard InChI is InChI=1S/C23H24O3S/c1-6-16-9-7-8-10-19(16)21-13-17-11-12-18(14-20(17)25-21)27-23(4,5)26-22(24)15(2)3/h7-14H,2,6H2,1,3-5H3. The topological polar surface area (TPSA) is 39.4 Å². The molecule has 0 amide bonds. The molecule has 1 heterocycles. The average Bonchev–Trinajstić information content (AvgIpc) is 3.03. The first kappa shape index (κ1) is 19.3. The number of esters is 1. The Bertz CT molecular complexity index is 998. The first-order chi connectivity index (χ1) is 12.8. The van der Waals surface area contributed by atoms with Crippen LogP contribution in [0.1, 0.15) is 33.3 Å². The van der Waals surface area contributed by atoms with E-state index in [2.05, 4.69) is 31.7 Å². The highest BCUT2D eigenvalue weighted by Crippen LogP contribution is 2.37. The first-order valence-electron chi connectivity index (χ1n) is 8.99. The highest BCUT2D eigenvalue weighted by Gasteiger charge is 2.25. The van der Waals surface area contributed by atoms with E-state index in [4.69, 9.17) is 9.15 Å². The minimum Gasteiger partial charge on any atom is -0.456 e. The van der Waals surface area contributed by atoms with Crippen molar-refractivity contribution in [1.29, 1.82) is 0 Å². The number of aryl methyl sites for hydroxylation is 1. The molecule has 1 aromatic heterocycles. The molecule has 3 rings (SSSR count). The number of ether oxygens (including phenoxy) is 1. The summed E-state index contributed by atoms with van der Waals surface area (Å²) in [4.78, 5) is 12.1. The van der Waals surface area contributed by atoms with E-state index in [9.17, 15) is 4.79 Å². The third-order valence-electron chi connectivity index (χ3n) is 4.21. The molecule has 0 aliphatic heterocycles. The molecule has 2 aromatic carbocycles. The number of hydrogen-bond acceptors (Lipinski definition) is 4. The van der Waals surface area contributed by atoms with E-state index in [1.165, 1.54) is 17.3 Å². The zero-order valence-electron chi connectivity index (χ0n) is 16.2. The second-order valence-corrected chi connectivity index (χ2v) is 8.65. The quantitative estimate of drug-likeness (QED) is 0.209. The van der Waals surface area contributed by atoms with Crippen LogP contribution in [0.4, 0.5) is 0 Å². The van der Waals surface area contributed by atoms with E-state index in [-0.39, 0.29) is 5.97 Å². The molecule has 27 heavy (non-hydrogen) atoms. The summed E-state index contributed by atoms with van der Waals surface area (Å²) in [7, 11) is 0. The molecule has 3 aromatic rings. The summed E-state index contributed by atoms with van der Waals surface area (Å²) >= 11 is 1.48. The van der Waals surface area contributed by atoms with Crippen molar-refractivity contribution in [2.24, 2.45) is 0 Å². The van der Waals surface area contributed by atoms with Crippen LogP contribution in [0.25, 0.3) is 22.3 Å². The summed E-state index contributed by atoms with van der Waals surface area (Å²) in [6.07, 6.45) is 0.955. The minimum absolute atomic E-state index is 0.384. The van der Waals surface area contributed by atoms with Crippen molar-refractivity contribution in [2.75, 3.05) is 0 Å². The van der Waals surface area contributed by atoms with Crippen LogP contribution < -0.4 is 0 Å². The van der Waals surface area contributed by atoms with Crippen LogP contribution in [0.5, 0.6) is 0 Å². The second kappa shape index (κ2) is 7.65. The van der Waals surface area contributed by atoms with Crippen molar-refractivity contribution >= 4 is 28.7 Å². The molecule has 4 heteroatoms. The molecule has 0 N–H and O–H groups in total. The second-order valence-electron chi connectivity index (χ2n) is 6.99. The molecular weight excluding hydrogens is 356 g/mol. The van der Waals surface area contributed by atoms with Crippen molar-refractivity contribution in [1.82, 2.24) is 0 Å². The van der Waals surface area contributed by atoms with Gasteiger partial charge in [-0.05, 0) is 57.0 Å². The summed E-state index contributed by atoms with van der Waals surface area (Å²) < 4.78 is 11.6. The zero-order chi connectivity index (χ0) is 19.6. The van der Waals surface area contributed by atoms with Gasteiger partial charge in [0, 0.05) is 21.4 Å². The largest absolute Gasteiger partial charge is 0.456 e. The summed E-state index contributed by atoms with van der Waals surface area (Å²) in [5.74, 6) is 0.489. The molecule has 0 atom stereocenters. The third-order valence-corrected chi connectivity index (χ3v) is 5.27. The minimum atomic E-state index is -0.700. The van der Waals surface area contributed by atoms with Crippen LogP contribution in [0, 0.1) is 0 Å².